The van der Waals surface area contributed by atoms with E-state index in [1.165, 1.54) is 0 Å². The monoisotopic (exact) mass is 244 g/mol. The van der Waals surface area contributed by atoms with Crippen molar-refractivity contribution in [3.05, 3.63) is 70.7 Å². The van der Waals surface area contributed by atoms with E-state index >= 15 is 0 Å². The van der Waals surface area contributed by atoms with Crippen molar-refractivity contribution in [2.45, 2.75) is 12.3 Å². The van der Waals surface area contributed by atoms with E-state index in [0.717, 1.165) is 22.4 Å². The van der Waals surface area contributed by atoms with Crippen LogP contribution in [-0.4, -0.2) is 6.29 Å². The molecule has 0 spiro atoms. The van der Waals surface area contributed by atoms with Crippen LogP contribution in [0.3, 0.4) is 0 Å². The van der Waals surface area contributed by atoms with Gasteiger partial charge in [0.05, 0.1) is 0 Å². The Morgan fingerprint density at radius 2 is 1.65 bits per heavy atom. The van der Waals surface area contributed by atoms with E-state index in [9.17, 15) is 4.79 Å². The molecule has 0 radical (unpaired) electrons. The Hall–Kier alpha value is -1.60. The van der Waals surface area contributed by atoms with E-state index in [1.54, 1.807) is 0 Å². The molecule has 2 rings (SSSR count). The van der Waals surface area contributed by atoms with E-state index in [0.29, 0.717) is 6.42 Å². The summed E-state index contributed by atoms with van der Waals surface area (Å²) in [6.45, 7) is 0. The van der Waals surface area contributed by atoms with Crippen molar-refractivity contribution in [2.75, 3.05) is 0 Å². The fraction of sp³-hybridized carbons (Fsp3) is 0.133. The normalized spacial score (nSPS) is 12.1. The molecular formula is C15H13ClO. The highest BCUT2D eigenvalue weighted by Gasteiger charge is 2.10. The standard InChI is InChI=1S/C15H13ClO/c16-15-8-6-12(7-9-15)10-14(11-17)13-4-2-1-3-5-13/h1-9,11,14H,10H2. The zero-order valence-corrected chi connectivity index (χ0v) is 10.1. The molecule has 86 valence electrons. The number of benzene rings is 2. The van der Waals surface area contributed by atoms with Gasteiger partial charge in [-0.2, -0.15) is 0 Å². The number of carbonyl (C=O) groups excluding carboxylic acids is 1. The molecule has 0 aliphatic rings. The number of hydrogen-bond donors (Lipinski definition) is 0. The number of aldehydes is 1. The van der Waals surface area contributed by atoms with Crippen LogP contribution in [0.1, 0.15) is 17.0 Å². The van der Waals surface area contributed by atoms with Crippen molar-refractivity contribution < 1.29 is 4.79 Å². The molecule has 2 heteroatoms. The van der Waals surface area contributed by atoms with Crippen molar-refractivity contribution in [1.29, 1.82) is 0 Å². The highest BCUT2D eigenvalue weighted by molar-refractivity contribution is 6.30. The molecule has 0 N–H and O–H groups in total. The first kappa shape index (κ1) is 11.9. The molecule has 2 aromatic rings. The summed E-state index contributed by atoms with van der Waals surface area (Å²) in [5, 5.41) is 0.719. The molecule has 0 amide bonds. The molecule has 0 aliphatic heterocycles. The fourth-order valence-corrected chi connectivity index (χ4v) is 1.95. The van der Waals surface area contributed by atoms with Crippen LogP contribution in [0.25, 0.3) is 0 Å². The lowest BCUT2D eigenvalue weighted by molar-refractivity contribution is -0.109. The molecule has 0 aliphatic carbocycles. The quantitative estimate of drug-likeness (QED) is 0.747. The maximum Gasteiger partial charge on any atom is 0.127 e. The topological polar surface area (TPSA) is 17.1 Å². The zero-order valence-electron chi connectivity index (χ0n) is 9.34. The molecule has 0 saturated carbocycles. The SMILES string of the molecule is O=CC(Cc1ccc(Cl)cc1)c1ccccc1. The van der Waals surface area contributed by atoms with Crippen molar-refractivity contribution >= 4 is 17.9 Å². The molecule has 1 nitrogen and oxygen atoms in total. The molecule has 0 fully saturated rings. The van der Waals surface area contributed by atoms with E-state index in [-0.39, 0.29) is 5.92 Å². The van der Waals surface area contributed by atoms with Crippen LogP contribution >= 0.6 is 11.6 Å². The number of hydrogen-bond acceptors (Lipinski definition) is 1. The summed E-state index contributed by atoms with van der Waals surface area (Å²) < 4.78 is 0. The summed E-state index contributed by atoms with van der Waals surface area (Å²) in [7, 11) is 0. The fourth-order valence-electron chi connectivity index (χ4n) is 1.82. The summed E-state index contributed by atoms with van der Waals surface area (Å²) in [5.41, 5.74) is 2.17. The smallest absolute Gasteiger partial charge is 0.127 e. The summed E-state index contributed by atoms with van der Waals surface area (Å²) in [4.78, 5) is 11.2. The highest BCUT2D eigenvalue weighted by Crippen LogP contribution is 2.20. The molecule has 0 aromatic heterocycles. The lowest BCUT2D eigenvalue weighted by atomic mass is 9.93. The molecule has 1 unspecified atom stereocenters. The first-order valence-corrected chi connectivity index (χ1v) is 5.92. The van der Waals surface area contributed by atoms with Crippen LogP contribution in [0.2, 0.25) is 5.02 Å². The predicted octanol–water partition coefficient (Wildman–Crippen LogP) is 3.87. The zero-order chi connectivity index (χ0) is 12.1. The summed E-state index contributed by atoms with van der Waals surface area (Å²) in [6, 6.07) is 17.4. The van der Waals surface area contributed by atoms with Crippen molar-refractivity contribution in [2.24, 2.45) is 0 Å². The maximum atomic E-state index is 11.2. The number of rotatable bonds is 4. The Balaban J connectivity index is 2.16. The maximum absolute atomic E-state index is 11.2. The minimum absolute atomic E-state index is 0.0858. The Bertz CT molecular complexity index is 476. The molecule has 0 heterocycles. The van der Waals surface area contributed by atoms with Crippen LogP contribution in [0.15, 0.2) is 54.6 Å². The van der Waals surface area contributed by atoms with E-state index in [1.807, 2.05) is 54.6 Å². The largest absolute Gasteiger partial charge is 0.303 e. The second-order valence-electron chi connectivity index (χ2n) is 3.98. The van der Waals surface area contributed by atoms with E-state index < -0.39 is 0 Å². The van der Waals surface area contributed by atoms with Crippen LogP contribution in [-0.2, 0) is 11.2 Å². The van der Waals surface area contributed by atoms with Crippen molar-refractivity contribution in [3.63, 3.8) is 0 Å². The van der Waals surface area contributed by atoms with Crippen molar-refractivity contribution in [3.8, 4) is 0 Å². The van der Waals surface area contributed by atoms with Gasteiger partial charge in [0, 0.05) is 10.9 Å². The van der Waals surface area contributed by atoms with Gasteiger partial charge in [-0.25, -0.2) is 0 Å². The van der Waals surface area contributed by atoms with Crippen LogP contribution in [0.5, 0.6) is 0 Å². The highest BCUT2D eigenvalue weighted by atomic mass is 35.5. The van der Waals surface area contributed by atoms with Gasteiger partial charge in [-0.3, -0.25) is 0 Å². The molecule has 17 heavy (non-hydrogen) atoms. The second-order valence-corrected chi connectivity index (χ2v) is 4.42. The Morgan fingerprint density at radius 1 is 1.00 bits per heavy atom. The lowest BCUT2D eigenvalue weighted by Crippen LogP contribution is -2.04. The minimum Gasteiger partial charge on any atom is -0.303 e. The third kappa shape index (κ3) is 3.18. The van der Waals surface area contributed by atoms with Gasteiger partial charge in [0.1, 0.15) is 6.29 Å². The average molecular weight is 245 g/mol. The first-order valence-electron chi connectivity index (χ1n) is 5.54. The third-order valence-corrected chi connectivity index (χ3v) is 3.01. The average Bonchev–Trinajstić information content (AvgIpc) is 2.39. The van der Waals surface area contributed by atoms with Gasteiger partial charge < -0.3 is 4.79 Å². The van der Waals surface area contributed by atoms with E-state index in [2.05, 4.69) is 0 Å². The molecule has 0 saturated heterocycles. The van der Waals surface area contributed by atoms with Crippen LogP contribution < -0.4 is 0 Å². The number of carbonyl (C=O) groups is 1. The van der Waals surface area contributed by atoms with Gasteiger partial charge in [0.25, 0.3) is 0 Å². The predicted molar refractivity (Wildman–Crippen MR) is 70.4 cm³/mol. The third-order valence-electron chi connectivity index (χ3n) is 2.76. The van der Waals surface area contributed by atoms with Gasteiger partial charge in [-0.05, 0) is 29.7 Å². The van der Waals surface area contributed by atoms with Crippen molar-refractivity contribution in [1.82, 2.24) is 0 Å². The molecule has 2 aromatic carbocycles. The molecular weight excluding hydrogens is 232 g/mol. The Kier molecular flexibility index (Phi) is 3.94. The van der Waals surface area contributed by atoms with Crippen LogP contribution in [0, 0.1) is 0 Å². The molecule has 1 atom stereocenters. The van der Waals surface area contributed by atoms with Gasteiger partial charge >= 0.3 is 0 Å². The van der Waals surface area contributed by atoms with Gasteiger partial charge in [-0.1, -0.05) is 54.1 Å². The molecule has 0 bridgehead atoms. The Labute approximate surface area is 106 Å². The summed E-state index contributed by atoms with van der Waals surface area (Å²) >= 11 is 5.83. The first-order chi connectivity index (χ1) is 8.29. The van der Waals surface area contributed by atoms with E-state index in [4.69, 9.17) is 11.6 Å². The Morgan fingerprint density at radius 3 is 2.24 bits per heavy atom. The number of halogens is 1. The summed E-state index contributed by atoms with van der Waals surface area (Å²) in [5.74, 6) is -0.0858. The van der Waals surface area contributed by atoms with Gasteiger partial charge in [0.15, 0.2) is 0 Å². The van der Waals surface area contributed by atoms with Crippen LogP contribution in [0.4, 0.5) is 0 Å². The minimum atomic E-state index is -0.0858. The summed E-state index contributed by atoms with van der Waals surface area (Å²) in [6.07, 6.45) is 1.72. The van der Waals surface area contributed by atoms with Gasteiger partial charge in [0.2, 0.25) is 0 Å². The second kappa shape index (κ2) is 5.65. The lowest BCUT2D eigenvalue weighted by Gasteiger charge is -2.10. The van der Waals surface area contributed by atoms with Gasteiger partial charge in [-0.15, -0.1) is 0 Å².